The monoisotopic (exact) mass is 424 g/mol. The average molecular weight is 424 g/mol. The van der Waals surface area contributed by atoms with Gasteiger partial charge in [-0.3, -0.25) is 0 Å². The van der Waals surface area contributed by atoms with Gasteiger partial charge >= 0.3 is 18.1 Å². The van der Waals surface area contributed by atoms with Crippen LogP contribution in [0.25, 0.3) is 11.4 Å². The number of halogens is 3. The molecule has 1 aliphatic heterocycles. The summed E-state index contributed by atoms with van der Waals surface area (Å²) >= 11 is 0. The van der Waals surface area contributed by atoms with Crippen molar-refractivity contribution in [2.75, 3.05) is 31.1 Å². The summed E-state index contributed by atoms with van der Waals surface area (Å²) in [5, 5.41) is 6.49. The van der Waals surface area contributed by atoms with E-state index in [1.165, 1.54) is 25.5 Å². The zero-order chi connectivity index (χ0) is 21.1. The molecule has 1 N–H and O–H groups in total. The van der Waals surface area contributed by atoms with Crippen molar-refractivity contribution in [3.8, 4) is 11.4 Å². The van der Waals surface area contributed by atoms with E-state index in [1.54, 1.807) is 12.1 Å². The highest BCUT2D eigenvalue weighted by Crippen LogP contribution is 2.29. The van der Waals surface area contributed by atoms with Gasteiger partial charge in [0.2, 0.25) is 5.82 Å². The number of nitrogens with one attached hydrogen (secondary N) is 1. The van der Waals surface area contributed by atoms with E-state index >= 15 is 0 Å². The SMILES string of the molecule is O=C(NC1CCCCC1)N1CCN(c2ccc(-c3noc(C(F)(F)F)n3)cn2)CC1. The van der Waals surface area contributed by atoms with E-state index in [1.807, 2.05) is 9.80 Å². The first-order chi connectivity index (χ1) is 14.4. The van der Waals surface area contributed by atoms with Gasteiger partial charge in [0, 0.05) is 44.0 Å². The van der Waals surface area contributed by atoms with Gasteiger partial charge in [-0.05, 0) is 25.0 Å². The van der Waals surface area contributed by atoms with Gasteiger partial charge in [0.05, 0.1) is 0 Å². The first-order valence-corrected chi connectivity index (χ1v) is 10.1. The van der Waals surface area contributed by atoms with Crippen LogP contribution >= 0.6 is 0 Å². The molecule has 0 bridgehead atoms. The van der Waals surface area contributed by atoms with E-state index in [-0.39, 0.29) is 17.9 Å². The zero-order valence-electron chi connectivity index (χ0n) is 16.4. The highest BCUT2D eigenvalue weighted by Gasteiger charge is 2.38. The molecule has 0 radical (unpaired) electrons. The van der Waals surface area contributed by atoms with Crippen molar-refractivity contribution in [3.63, 3.8) is 0 Å². The fraction of sp³-hybridized carbons (Fsp3) is 0.579. The average Bonchev–Trinajstić information content (AvgIpc) is 3.26. The van der Waals surface area contributed by atoms with E-state index in [4.69, 9.17) is 0 Å². The predicted octanol–water partition coefficient (Wildman–Crippen LogP) is 3.31. The largest absolute Gasteiger partial charge is 0.471 e. The topological polar surface area (TPSA) is 87.4 Å². The van der Waals surface area contributed by atoms with Crippen molar-refractivity contribution in [1.29, 1.82) is 0 Å². The Morgan fingerprint density at radius 1 is 1.10 bits per heavy atom. The lowest BCUT2D eigenvalue weighted by Crippen LogP contribution is -2.53. The number of carbonyl (C=O) groups is 1. The maximum atomic E-state index is 12.6. The van der Waals surface area contributed by atoms with Crippen LogP contribution in [0.3, 0.4) is 0 Å². The van der Waals surface area contributed by atoms with E-state index in [2.05, 4.69) is 25.0 Å². The number of pyridine rings is 1. The fourth-order valence-corrected chi connectivity index (χ4v) is 3.81. The highest BCUT2D eigenvalue weighted by molar-refractivity contribution is 5.75. The van der Waals surface area contributed by atoms with Crippen LogP contribution in [0.5, 0.6) is 0 Å². The molecule has 11 heteroatoms. The zero-order valence-corrected chi connectivity index (χ0v) is 16.4. The molecule has 0 spiro atoms. The number of piperazine rings is 1. The first kappa shape index (κ1) is 20.4. The molecule has 1 saturated heterocycles. The third-order valence-corrected chi connectivity index (χ3v) is 5.50. The molecular formula is C19H23F3N6O2. The molecule has 1 aliphatic carbocycles. The molecule has 4 rings (SSSR count). The molecule has 2 aliphatic rings. The van der Waals surface area contributed by atoms with Gasteiger partial charge in [-0.25, -0.2) is 9.78 Å². The number of anilines is 1. The standard InChI is InChI=1S/C19H23F3N6O2/c20-19(21,22)17-25-16(26-30-17)13-6-7-15(23-12-13)27-8-10-28(11-9-27)18(29)24-14-4-2-1-3-5-14/h6-7,12,14H,1-5,8-11H2,(H,24,29). The van der Waals surface area contributed by atoms with Gasteiger partial charge < -0.3 is 19.6 Å². The fourth-order valence-electron chi connectivity index (χ4n) is 3.81. The Kier molecular flexibility index (Phi) is 5.78. The highest BCUT2D eigenvalue weighted by atomic mass is 19.4. The van der Waals surface area contributed by atoms with Crippen LogP contribution in [0.1, 0.15) is 38.0 Å². The molecule has 3 heterocycles. The summed E-state index contributed by atoms with van der Waals surface area (Å²) in [6.07, 6.45) is 2.42. The molecule has 8 nitrogen and oxygen atoms in total. The molecule has 0 aromatic carbocycles. The molecule has 0 atom stereocenters. The lowest BCUT2D eigenvalue weighted by Gasteiger charge is -2.36. The van der Waals surface area contributed by atoms with Crippen molar-refractivity contribution in [3.05, 3.63) is 24.2 Å². The molecule has 2 aromatic rings. The minimum Gasteiger partial charge on any atom is -0.353 e. The summed E-state index contributed by atoms with van der Waals surface area (Å²) in [5.74, 6) is -0.861. The smallest absolute Gasteiger partial charge is 0.353 e. The lowest BCUT2D eigenvalue weighted by molar-refractivity contribution is -0.159. The van der Waals surface area contributed by atoms with E-state index < -0.39 is 12.1 Å². The third kappa shape index (κ3) is 4.65. The number of nitrogens with zero attached hydrogens (tertiary/aromatic N) is 5. The third-order valence-electron chi connectivity index (χ3n) is 5.50. The van der Waals surface area contributed by atoms with Crippen LogP contribution in [-0.2, 0) is 6.18 Å². The lowest BCUT2D eigenvalue weighted by atomic mass is 9.96. The molecule has 30 heavy (non-hydrogen) atoms. The minimum atomic E-state index is -4.68. The Labute approximate surface area is 171 Å². The number of hydrogen-bond acceptors (Lipinski definition) is 6. The number of alkyl halides is 3. The van der Waals surface area contributed by atoms with Crippen LogP contribution in [0.15, 0.2) is 22.9 Å². The second-order valence-electron chi connectivity index (χ2n) is 7.58. The number of hydrogen-bond donors (Lipinski definition) is 1. The second kappa shape index (κ2) is 8.49. The van der Waals surface area contributed by atoms with Gasteiger partial charge in [-0.2, -0.15) is 18.2 Å². The molecule has 162 valence electrons. The van der Waals surface area contributed by atoms with Crippen LogP contribution in [0.4, 0.5) is 23.8 Å². The van der Waals surface area contributed by atoms with E-state index in [9.17, 15) is 18.0 Å². The van der Waals surface area contributed by atoms with Crippen molar-refractivity contribution in [2.45, 2.75) is 44.3 Å². The molecule has 1 saturated carbocycles. The Hall–Kier alpha value is -2.85. The van der Waals surface area contributed by atoms with Gasteiger partial charge in [0.25, 0.3) is 0 Å². The predicted molar refractivity (Wildman–Crippen MR) is 102 cm³/mol. The molecular weight excluding hydrogens is 401 g/mol. The Morgan fingerprint density at radius 3 is 2.43 bits per heavy atom. The van der Waals surface area contributed by atoms with Crippen molar-refractivity contribution < 1.29 is 22.5 Å². The summed E-state index contributed by atoms with van der Waals surface area (Å²) in [4.78, 5) is 24.0. The Morgan fingerprint density at radius 2 is 1.83 bits per heavy atom. The van der Waals surface area contributed by atoms with Gasteiger partial charge in [-0.1, -0.05) is 24.4 Å². The van der Waals surface area contributed by atoms with Gasteiger partial charge in [0.1, 0.15) is 5.82 Å². The number of amides is 2. The second-order valence-corrected chi connectivity index (χ2v) is 7.58. The Bertz CT molecular complexity index is 856. The van der Waals surface area contributed by atoms with Crippen molar-refractivity contribution in [2.24, 2.45) is 0 Å². The summed E-state index contributed by atoms with van der Waals surface area (Å²) in [6, 6.07) is 3.58. The minimum absolute atomic E-state index is 0.0116. The Balaban J connectivity index is 1.31. The maximum Gasteiger partial charge on any atom is 0.471 e. The van der Waals surface area contributed by atoms with Crippen LogP contribution < -0.4 is 10.2 Å². The molecule has 2 fully saturated rings. The molecule has 0 unspecified atom stereocenters. The quantitative estimate of drug-likeness (QED) is 0.814. The normalized spacial score (nSPS) is 18.5. The summed E-state index contributed by atoms with van der Waals surface area (Å²) in [6.45, 7) is 2.43. The summed E-state index contributed by atoms with van der Waals surface area (Å²) in [7, 11) is 0. The molecule has 2 amide bonds. The van der Waals surface area contributed by atoms with Crippen LogP contribution in [-0.4, -0.2) is 58.3 Å². The summed E-state index contributed by atoms with van der Waals surface area (Å²) in [5.41, 5.74) is 0.337. The van der Waals surface area contributed by atoms with Crippen LogP contribution in [0.2, 0.25) is 0 Å². The maximum absolute atomic E-state index is 12.6. The number of urea groups is 1. The van der Waals surface area contributed by atoms with E-state index in [0.717, 1.165) is 12.8 Å². The number of carbonyl (C=O) groups excluding carboxylic acids is 1. The van der Waals surface area contributed by atoms with Crippen LogP contribution in [0, 0.1) is 0 Å². The summed E-state index contributed by atoms with van der Waals surface area (Å²) < 4.78 is 42.0. The van der Waals surface area contributed by atoms with Crippen molar-refractivity contribution >= 4 is 11.8 Å². The van der Waals surface area contributed by atoms with Crippen molar-refractivity contribution in [1.82, 2.24) is 25.3 Å². The van der Waals surface area contributed by atoms with Gasteiger partial charge in [0.15, 0.2) is 0 Å². The van der Waals surface area contributed by atoms with Gasteiger partial charge in [-0.15, -0.1) is 0 Å². The number of aromatic nitrogens is 3. The molecule has 2 aromatic heterocycles. The number of rotatable bonds is 3. The first-order valence-electron chi connectivity index (χ1n) is 10.1. The van der Waals surface area contributed by atoms with E-state index in [0.29, 0.717) is 37.6 Å².